The van der Waals surface area contributed by atoms with Crippen molar-refractivity contribution in [2.75, 3.05) is 6.61 Å². The summed E-state index contributed by atoms with van der Waals surface area (Å²) < 4.78 is 5.90. The van der Waals surface area contributed by atoms with Gasteiger partial charge in [0, 0.05) is 6.42 Å². The second kappa shape index (κ2) is 48.1. The first kappa shape index (κ1) is 58.0. The number of hydrogen-bond acceptors (Lipinski definition) is 5. The highest BCUT2D eigenvalue weighted by Crippen LogP contribution is 2.16. The molecule has 0 aromatic heterocycles. The molecule has 0 aromatic carbocycles. The van der Waals surface area contributed by atoms with Gasteiger partial charge in [0.25, 0.3) is 0 Å². The number of esters is 1. The lowest BCUT2D eigenvalue weighted by molar-refractivity contribution is -0.151. The van der Waals surface area contributed by atoms with Gasteiger partial charge >= 0.3 is 5.97 Å². The van der Waals surface area contributed by atoms with Gasteiger partial charge in [0.2, 0.25) is 5.91 Å². The van der Waals surface area contributed by atoms with E-state index in [0.29, 0.717) is 19.3 Å². The van der Waals surface area contributed by atoms with Crippen LogP contribution < -0.4 is 5.32 Å². The summed E-state index contributed by atoms with van der Waals surface area (Å²) >= 11 is 0. The highest BCUT2D eigenvalue weighted by molar-refractivity contribution is 5.77. The molecule has 0 saturated heterocycles. The van der Waals surface area contributed by atoms with Crippen molar-refractivity contribution in [3.8, 4) is 0 Å². The van der Waals surface area contributed by atoms with Crippen molar-refractivity contribution in [2.24, 2.45) is 0 Å². The number of rotatable bonds is 44. The van der Waals surface area contributed by atoms with Gasteiger partial charge < -0.3 is 20.3 Å². The number of amides is 1. The third-order valence-corrected chi connectivity index (χ3v) is 11.0. The number of ether oxygens (including phenoxy) is 1. The van der Waals surface area contributed by atoms with Crippen LogP contribution in [-0.4, -0.2) is 46.9 Å². The Morgan fingerprint density at radius 1 is 0.508 bits per heavy atom. The largest absolute Gasteiger partial charge is 0.462 e. The minimum atomic E-state index is -0.807. The third-order valence-electron chi connectivity index (χ3n) is 11.0. The van der Waals surface area contributed by atoms with Gasteiger partial charge in [-0.05, 0) is 89.9 Å². The van der Waals surface area contributed by atoms with Crippen LogP contribution in [0.15, 0.2) is 85.1 Å². The van der Waals surface area contributed by atoms with E-state index < -0.39 is 18.2 Å². The summed E-state index contributed by atoms with van der Waals surface area (Å²) in [6.07, 6.45) is 62.1. The first-order valence-electron chi connectivity index (χ1n) is 25.3. The Labute approximate surface area is 376 Å². The standard InChI is InChI=1S/C55H95NO5/c1-4-7-10-13-16-19-22-24-26-27-29-30-32-34-37-40-43-46-51(61-55(60)48-45-42-39-36-33-31-28-25-23-20-17-14-11-8-5-2)49-54(59)56-52(50-57)53(58)47-44-41-38-35-21-18-15-12-9-6-3/h7,10,16-17,19-20,23-26,29-30,34,37,51-53,57-58H,4-6,8-9,11-15,18,21-22,27-28,31-33,35-36,38-50H2,1-3H3,(H,56,59)/b10-7-,19-16-,20-17+,25-23+,26-24-,30-29-,37-34-. The van der Waals surface area contributed by atoms with E-state index in [9.17, 15) is 19.8 Å². The van der Waals surface area contributed by atoms with Gasteiger partial charge in [0.15, 0.2) is 0 Å². The second-order valence-electron chi connectivity index (χ2n) is 16.9. The molecule has 0 aliphatic rings. The van der Waals surface area contributed by atoms with Crippen LogP contribution in [0, 0.1) is 0 Å². The van der Waals surface area contributed by atoms with Crippen LogP contribution in [0.3, 0.4) is 0 Å². The maximum Gasteiger partial charge on any atom is 0.306 e. The average molecular weight is 850 g/mol. The zero-order valence-corrected chi connectivity index (χ0v) is 39.8. The average Bonchev–Trinajstić information content (AvgIpc) is 3.25. The van der Waals surface area contributed by atoms with Crippen LogP contribution in [0.4, 0.5) is 0 Å². The lowest BCUT2D eigenvalue weighted by atomic mass is 10.0. The fourth-order valence-corrected chi connectivity index (χ4v) is 7.16. The third kappa shape index (κ3) is 43.5. The van der Waals surface area contributed by atoms with Crippen molar-refractivity contribution in [3.05, 3.63) is 85.1 Å². The van der Waals surface area contributed by atoms with Gasteiger partial charge in [-0.15, -0.1) is 0 Å². The maximum atomic E-state index is 13.2. The SMILES string of the molecule is CC/C=C\C/C=C\C/C=C\C/C=C\C/C=C\CCCC(CC(=O)NC(CO)C(O)CCCCCCCCCCCC)OC(=O)CCCCCCCC/C=C/C=C/CCCCC. The molecule has 1 amide bonds. The van der Waals surface area contributed by atoms with Gasteiger partial charge in [-0.3, -0.25) is 9.59 Å². The molecular formula is C55H95NO5. The minimum Gasteiger partial charge on any atom is -0.462 e. The number of aliphatic hydroxyl groups excluding tert-OH is 2. The van der Waals surface area contributed by atoms with E-state index in [4.69, 9.17) is 4.74 Å². The molecular weight excluding hydrogens is 755 g/mol. The molecule has 0 radical (unpaired) electrons. The number of carbonyl (C=O) groups is 2. The molecule has 0 aliphatic carbocycles. The van der Waals surface area contributed by atoms with E-state index >= 15 is 0 Å². The van der Waals surface area contributed by atoms with Crippen molar-refractivity contribution >= 4 is 11.9 Å². The predicted molar refractivity (Wildman–Crippen MR) is 264 cm³/mol. The molecule has 3 N–H and O–H groups in total. The zero-order chi connectivity index (χ0) is 44.5. The number of hydrogen-bond donors (Lipinski definition) is 3. The Balaban J connectivity index is 4.74. The highest BCUT2D eigenvalue weighted by Gasteiger charge is 2.24. The first-order valence-corrected chi connectivity index (χ1v) is 25.3. The molecule has 3 unspecified atom stereocenters. The quantitative estimate of drug-likeness (QED) is 0.0246. The van der Waals surface area contributed by atoms with Crippen LogP contribution in [0.25, 0.3) is 0 Å². The molecule has 0 rings (SSSR count). The van der Waals surface area contributed by atoms with Crippen LogP contribution in [-0.2, 0) is 14.3 Å². The summed E-state index contributed by atoms with van der Waals surface area (Å²) in [7, 11) is 0. The van der Waals surface area contributed by atoms with E-state index in [1.165, 1.54) is 89.9 Å². The van der Waals surface area contributed by atoms with Crippen LogP contribution in [0.1, 0.15) is 226 Å². The second-order valence-corrected chi connectivity index (χ2v) is 16.9. The summed E-state index contributed by atoms with van der Waals surface area (Å²) in [5.74, 6) is -0.549. The van der Waals surface area contributed by atoms with E-state index in [1.807, 2.05) is 0 Å². The topological polar surface area (TPSA) is 95.9 Å². The van der Waals surface area contributed by atoms with Crippen LogP contribution in [0.5, 0.6) is 0 Å². The highest BCUT2D eigenvalue weighted by atomic mass is 16.5. The van der Waals surface area contributed by atoms with E-state index in [0.717, 1.165) is 89.9 Å². The van der Waals surface area contributed by atoms with E-state index in [1.54, 1.807) is 0 Å². The summed E-state index contributed by atoms with van der Waals surface area (Å²) in [6.45, 7) is 6.30. The number of aliphatic hydroxyl groups is 2. The molecule has 0 saturated carbocycles. The van der Waals surface area contributed by atoms with E-state index in [-0.39, 0.29) is 24.9 Å². The van der Waals surface area contributed by atoms with Gasteiger partial charge in [-0.1, -0.05) is 209 Å². The Kier molecular flexibility index (Phi) is 45.7. The summed E-state index contributed by atoms with van der Waals surface area (Å²) in [5.41, 5.74) is 0. The summed E-state index contributed by atoms with van der Waals surface area (Å²) in [6, 6.07) is -0.725. The Morgan fingerprint density at radius 2 is 0.951 bits per heavy atom. The molecule has 61 heavy (non-hydrogen) atoms. The predicted octanol–water partition coefficient (Wildman–Crippen LogP) is 15.2. The Morgan fingerprint density at radius 3 is 1.49 bits per heavy atom. The van der Waals surface area contributed by atoms with Crippen molar-refractivity contribution in [1.29, 1.82) is 0 Å². The summed E-state index contributed by atoms with van der Waals surface area (Å²) in [5, 5.41) is 23.7. The van der Waals surface area contributed by atoms with Crippen molar-refractivity contribution in [3.63, 3.8) is 0 Å². The van der Waals surface area contributed by atoms with Gasteiger partial charge in [-0.2, -0.15) is 0 Å². The normalized spacial score (nSPS) is 14.0. The molecule has 6 nitrogen and oxygen atoms in total. The summed E-state index contributed by atoms with van der Waals surface area (Å²) in [4.78, 5) is 26.1. The van der Waals surface area contributed by atoms with Gasteiger partial charge in [-0.25, -0.2) is 0 Å². The number of unbranched alkanes of at least 4 members (excludes halogenated alkanes) is 19. The molecule has 0 aromatic rings. The first-order chi connectivity index (χ1) is 30.0. The van der Waals surface area contributed by atoms with Gasteiger partial charge in [0.05, 0.1) is 25.2 Å². The van der Waals surface area contributed by atoms with Crippen molar-refractivity contribution < 1.29 is 24.5 Å². The van der Waals surface area contributed by atoms with E-state index in [2.05, 4.69) is 111 Å². The van der Waals surface area contributed by atoms with Crippen molar-refractivity contribution in [2.45, 2.75) is 244 Å². The molecule has 3 atom stereocenters. The molecule has 6 heteroatoms. The molecule has 0 heterocycles. The fraction of sp³-hybridized carbons (Fsp3) is 0.709. The van der Waals surface area contributed by atoms with Gasteiger partial charge in [0.1, 0.15) is 6.10 Å². The lowest BCUT2D eigenvalue weighted by Crippen LogP contribution is -2.46. The van der Waals surface area contributed by atoms with Crippen molar-refractivity contribution in [1.82, 2.24) is 5.32 Å². The number of allylic oxidation sites excluding steroid dienone is 14. The molecule has 0 aliphatic heterocycles. The monoisotopic (exact) mass is 850 g/mol. The van der Waals surface area contributed by atoms with Crippen LogP contribution in [0.2, 0.25) is 0 Å². The number of nitrogens with one attached hydrogen (secondary N) is 1. The Bertz CT molecular complexity index is 1180. The molecule has 350 valence electrons. The fourth-order valence-electron chi connectivity index (χ4n) is 7.16. The Hall–Kier alpha value is -2.96. The maximum absolute atomic E-state index is 13.2. The smallest absolute Gasteiger partial charge is 0.306 e. The molecule has 0 fully saturated rings. The lowest BCUT2D eigenvalue weighted by Gasteiger charge is -2.24. The molecule has 0 spiro atoms. The zero-order valence-electron chi connectivity index (χ0n) is 39.8. The van der Waals surface area contributed by atoms with Crippen LogP contribution >= 0.6 is 0 Å². The molecule has 0 bridgehead atoms. The number of carbonyl (C=O) groups excluding carboxylic acids is 2. The minimum absolute atomic E-state index is 0.0297.